The van der Waals surface area contributed by atoms with Gasteiger partial charge in [0.25, 0.3) is 0 Å². The maximum atomic E-state index is 11.4. The number of rotatable bonds is 3. The summed E-state index contributed by atoms with van der Waals surface area (Å²) in [5.74, 6) is -0.879. The van der Waals surface area contributed by atoms with Gasteiger partial charge in [0, 0.05) is 6.54 Å². The molecule has 1 fully saturated rings. The molecule has 1 aliphatic rings. The molecule has 3 nitrogen and oxygen atoms in total. The lowest BCUT2D eigenvalue weighted by molar-refractivity contribution is -0.144. The van der Waals surface area contributed by atoms with Gasteiger partial charge in [0.2, 0.25) is 0 Å². The first-order valence-electron chi connectivity index (χ1n) is 6.25. The molecule has 0 amide bonds. The van der Waals surface area contributed by atoms with Gasteiger partial charge in [0.1, 0.15) is 0 Å². The fourth-order valence-corrected chi connectivity index (χ4v) is 2.64. The first-order valence-corrected chi connectivity index (χ1v) is 6.25. The van der Waals surface area contributed by atoms with E-state index < -0.39 is 5.97 Å². The Balaban J connectivity index is 2.23. The summed E-state index contributed by atoms with van der Waals surface area (Å²) < 4.78 is 0. The Hall–Kier alpha value is -1.61. The molecule has 0 aliphatic carbocycles. The maximum absolute atomic E-state index is 11.4. The van der Waals surface area contributed by atoms with Gasteiger partial charge in [0.05, 0.1) is 5.92 Å². The highest BCUT2D eigenvalue weighted by molar-refractivity contribution is 5.72. The summed E-state index contributed by atoms with van der Waals surface area (Å²) in [5, 5.41) is 9.35. The molecule has 2 atom stereocenters. The van der Waals surface area contributed by atoms with Crippen LogP contribution in [0.3, 0.4) is 0 Å². The minimum atomic E-state index is -0.695. The third-order valence-electron chi connectivity index (χ3n) is 3.73. The molecule has 2 rings (SSSR count). The maximum Gasteiger partial charge on any atom is 0.308 e. The molecule has 18 heavy (non-hydrogen) atoms. The van der Waals surface area contributed by atoms with Crippen LogP contribution < -0.4 is 0 Å². The molecular formula is C15H19NO2. The van der Waals surface area contributed by atoms with Crippen LogP contribution in [0.4, 0.5) is 0 Å². The van der Waals surface area contributed by atoms with E-state index in [1.165, 1.54) is 0 Å². The predicted octanol–water partition coefficient (Wildman–Crippen LogP) is 2.45. The van der Waals surface area contributed by atoms with E-state index in [1.54, 1.807) is 6.08 Å². The molecule has 96 valence electrons. The lowest BCUT2D eigenvalue weighted by atomic mass is 9.80. The second-order valence-corrected chi connectivity index (χ2v) is 4.97. The van der Waals surface area contributed by atoms with E-state index in [9.17, 15) is 9.90 Å². The molecule has 0 bridgehead atoms. The van der Waals surface area contributed by atoms with Gasteiger partial charge in [-0.1, -0.05) is 36.9 Å². The SMILES string of the molecule is C=Cc1ccc(C2CCN(C)CC2C(=O)O)cc1. The summed E-state index contributed by atoms with van der Waals surface area (Å²) in [5.41, 5.74) is 2.19. The molecule has 2 unspecified atom stereocenters. The first-order chi connectivity index (χ1) is 8.61. The first kappa shape index (κ1) is 12.8. The number of hydrogen-bond acceptors (Lipinski definition) is 2. The lowest BCUT2D eigenvalue weighted by Crippen LogP contribution is -2.40. The van der Waals surface area contributed by atoms with Crippen molar-refractivity contribution in [1.29, 1.82) is 0 Å². The van der Waals surface area contributed by atoms with Gasteiger partial charge >= 0.3 is 5.97 Å². The summed E-state index contributed by atoms with van der Waals surface area (Å²) in [6.07, 6.45) is 2.70. The molecular weight excluding hydrogens is 226 g/mol. The quantitative estimate of drug-likeness (QED) is 0.889. The number of carboxylic acid groups (broad SMARTS) is 1. The Morgan fingerprint density at radius 3 is 2.67 bits per heavy atom. The van der Waals surface area contributed by atoms with Crippen molar-refractivity contribution in [1.82, 2.24) is 4.90 Å². The van der Waals surface area contributed by atoms with Gasteiger partial charge in [0.15, 0.2) is 0 Å². The van der Waals surface area contributed by atoms with Crippen molar-refractivity contribution in [3.63, 3.8) is 0 Å². The average Bonchev–Trinajstić information content (AvgIpc) is 2.39. The van der Waals surface area contributed by atoms with Gasteiger partial charge < -0.3 is 10.0 Å². The van der Waals surface area contributed by atoms with E-state index in [2.05, 4.69) is 11.5 Å². The molecule has 1 N–H and O–H groups in total. The Bertz CT molecular complexity index is 438. The van der Waals surface area contributed by atoms with Crippen molar-refractivity contribution in [2.75, 3.05) is 20.1 Å². The van der Waals surface area contributed by atoms with Crippen LogP contribution in [0.2, 0.25) is 0 Å². The second kappa shape index (κ2) is 5.36. The van der Waals surface area contributed by atoms with Crippen LogP contribution in [-0.2, 0) is 4.79 Å². The molecule has 1 heterocycles. The minimum absolute atomic E-state index is 0.123. The number of hydrogen-bond donors (Lipinski definition) is 1. The van der Waals surface area contributed by atoms with Gasteiger partial charge in [-0.05, 0) is 37.1 Å². The third-order valence-corrected chi connectivity index (χ3v) is 3.73. The number of carboxylic acids is 1. The summed E-state index contributed by atoms with van der Waals surface area (Å²) in [6.45, 7) is 5.31. The number of piperidine rings is 1. The average molecular weight is 245 g/mol. The van der Waals surface area contributed by atoms with Gasteiger partial charge in [-0.15, -0.1) is 0 Å². The van der Waals surface area contributed by atoms with E-state index in [1.807, 2.05) is 31.3 Å². The van der Waals surface area contributed by atoms with Crippen molar-refractivity contribution in [2.45, 2.75) is 12.3 Å². The molecule has 1 aromatic carbocycles. The molecule has 1 aromatic rings. The van der Waals surface area contributed by atoms with E-state index in [-0.39, 0.29) is 11.8 Å². The Morgan fingerprint density at radius 1 is 1.44 bits per heavy atom. The Labute approximate surface area is 108 Å². The fourth-order valence-electron chi connectivity index (χ4n) is 2.64. The molecule has 1 aliphatic heterocycles. The van der Waals surface area contributed by atoms with Crippen LogP contribution >= 0.6 is 0 Å². The summed E-state index contributed by atoms with van der Waals surface area (Å²) in [7, 11) is 1.98. The number of aliphatic carboxylic acids is 1. The van der Waals surface area contributed by atoms with Crippen LogP contribution in [0.1, 0.15) is 23.5 Å². The van der Waals surface area contributed by atoms with Crippen molar-refractivity contribution in [3.05, 3.63) is 42.0 Å². The van der Waals surface area contributed by atoms with Crippen molar-refractivity contribution < 1.29 is 9.90 Å². The normalized spacial score (nSPS) is 24.7. The largest absolute Gasteiger partial charge is 0.481 e. The fraction of sp³-hybridized carbons (Fsp3) is 0.400. The highest BCUT2D eigenvalue weighted by atomic mass is 16.4. The van der Waals surface area contributed by atoms with E-state index >= 15 is 0 Å². The zero-order valence-electron chi connectivity index (χ0n) is 10.7. The minimum Gasteiger partial charge on any atom is -0.481 e. The van der Waals surface area contributed by atoms with Gasteiger partial charge in [-0.2, -0.15) is 0 Å². The van der Waals surface area contributed by atoms with E-state index in [4.69, 9.17) is 0 Å². The molecule has 0 spiro atoms. The van der Waals surface area contributed by atoms with Crippen molar-refractivity contribution >= 4 is 12.0 Å². The zero-order valence-corrected chi connectivity index (χ0v) is 10.7. The van der Waals surface area contributed by atoms with Gasteiger partial charge in [-0.3, -0.25) is 4.79 Å². The summed E-state index contributed by atoms with van der Waals surface area (Å²) >= 11 is 0. The Kier molecular flexibility index (Phi) is 3.82. The molecule has 0 saturated carbocycles. The Morgan fingerprint density at radius 2 is 2.11 bits per heavy atom. The van der Waals surface area contributed by atoms with E-state index in [0.717, 1.165) is 24.1 Å². The molecule has 1 saturated heterocycles. The van der Waals surface area contributed by atoms with Crippen LogP contribution in [0.5, 0.6) is 0 Å². The number of carbonyl (C=O) groups is 1. The zero-order chi connectivity index (χ0) is 13.1. The number of nitrogens with zero attached hydrogens (tertiary/aromatic N) is 1. The van der Waals surface area contributed by atoms with Crippen LogP contribution in [0, 0.1) is 5.92 Å². The standard InChI is InChI=1S/C15H19NO2/c1-3-11-4-6-12(7-5-11)13-8-9-16(2)10-14(13)15(17)18/h3-7,13-14H,1,8-10H2,2H3,(H,17,18). The van der Waals surface area contributed by atoms with Crippen LogP contribution in [0.15, 0.2) is 30.8 Å². The summed E-state index contributed by atoms with van der Waals surface area (Å²) in [6, 6.07) is 8.06. The topological polar surface area (TPSA) is 40.5 Å². The highest BCUT2D eigenvalue weighted by Gasteiger charge is 2.33. The lowest BCUT2D eigenvalue weighted by Gasteiger charge is -2.34. The number of benzene rings is 1. The van der Waals surface area contributed by atoms with Gasteiger partial charge in [-0.25, -0.2) is 0 Å². The van der Waals surface area contributed by atoms with Crippen LogP contribution in [-0.4, -0.2) is 36.1 Å². The third kappa shape index (κ3) is 2.62. The smallest absolute Gasteiger partial charge is 0.308 e. The predicted molar refractivity (Wildman–Crippen MR) is 72.5 cm³/mol. The molecule has 3 heteroatoms. The van der Waals surface area contributed by atoms with Crippen molar-refractivity contribution in [2.24, 2.45) is 5.92 Å². The monoisotopic (exact) mass is 245 g/mol. The highest BCUT2D eigenvalue weighted by Crippen LogP contribution is 2.32. The second-order valence-electron chi connectivity index (χ2n) is 4.97. The van der Waals surface area contributed by atoms with E-state index in [0.29, 0.717) is 6.54 Å². The summed E-state index contributed by atoms with van der Waals surface area (Å²) in [4.78, 5) is 13.5. The number of likely N-dealkylation sites (tertiary alicyclic amines) is 1. The van der Waals surface area contributed by atoms with Crippen LogP contribution in [0.25, 0.3) is 6.08 Å². The molecule has 0 aromatic heterocycles. The van der Waals surface area contributed by atoms with Crippen molar-refractivity contribution in [3.8, 4) is 0 Å². The molecule has 0 radical (unpaired) electrons.